The second-order valence-corrected chi connectivity index (χ2v) is 7.62. The molecule has 0 amide bonds. The monoisotopic (exact) mass is 445 g/mol. The maximum Gasteiger partial charge on any atom is 0.274 e. The van der Waals surface area contributed by atoms with Crippen molar-refractivity contribution in [2.75, 3.05) is 5.32 Å². The molecule has 3 aromatic heterocycles. The van der Waals surface area contributed by atoms with Crippen LogP contribution in [-0.2, 0) is 0 Å². The molecule has 168 valence electrons. The lowest BCUT2D eigenvalue weighted by Gasteiger charge is -2.32. The van der Waals surface area contributed by atoms with Gasteiger partial charge in [0.25, 0.3) is 5.69 Å². The number of aliphatic hydroxyl groups is 1. The molecular formula is C24H23N5O4. The lowest BCUT2D eigenvalue weighted by molar-refractivity contribution is -0.385. The lowest BCUT2D eigenvalue weighted by atomic mass is 9.81. The Kier molecular flexibility index (Phi) is 6.41. The highest BCUT2D eigenvalue weighted by Gasteiger charge is 2.38. The molecule has 0 saturated heterocycles. The third-order valence-corrected chi connectivity index (χ3v) is 5.55. The number of pyridine rings is 2. The van der Waals surface area contributed by atoms with Crippen molar-refractivity contribution in [1.29, 1.82) is 0 Å². The number of nitrogens with one attached hydrogen (secondary N) is 1. The summed E-state index contributed by atoms with van der Waals surface area (Å²) in [5.41, 5.74) is 1.95. The first-order valence-electron chi connectivity index (χ1n) is 10.4. The molecule has 0 aliphatic heterocycles. The Labute approximate surface area is 190 Å². The predicted octanol–water partition coefficient (Wildman–Crippen LogP) is 4.66. The molecule has 0 spiro atoms. The summed E-state index contributed by atoms with van der Waals surface area (Å²) in [4.78, 5) is 20.3. The summed E-state index contributed by atoms with van der Waals surface area (Å²) in [6, 6.07) is 16.4. The van der Waals surface area contributed by atoms with Crippen LogP contribution in [0, 0.1) is 24.0 Å². The SMILES string of the molecule is Cc1noc(C)c1C(O)C(c1ccccn1)C(Nc1ccccn1)c1ccccc1[N+](=O)[O-]. The van der Waals surface area contributed by atoms with Crippen molar-refractivity contribution in [3.8, 4) is 0 Å². The van der Waals surface area contributed by atoms with Crippen molar-refractivity contribution in [2.24, 2.45) is 0 Å². The van der Waals surface area contributed by atoms with Gasteiger partial charge in [0.1, 0.15) is 11.6 Å². The molecule has 0 radical (unpaired) electrons. The Morgan fingerprint density at radius 2 is 1.70 bits per heavy atom. The number of aromatic nitrogens is 3. The molecule has 4 aromatic rings. The van der Waals surface area contributed by atoms with E-state index >= 15 is 0 Å². The van der Waals surface area contributed by atoms with Gasteiger partial charge in [0.2, 0.25) is 0 Å². The number of benzene rings is 1. The lowest BCUT2D eigenvalue weighted by Crippen LogP contribution is -2.27. The number of hydrogen-bond donors (Lipinski definition) is 2. The minimum atomic E-state index is -1.12. The molecule has 2 N–H and O–H groups in total. The summed E-state index contributed by atoms with van der Waals surface area (Å²) in [5, 5.41) is 30.8. The molecule has 4 rings (SSSR count). The van der Waals surface area contributed by atoms with Crippen molar-refractivity contribution in [1.82, 2.24) is 15.1 Å². The number of nitro benzene ring substituents is 1. The topological polar surface area (TPSA) is 127 Å². The maximum atomic E-state index is 11.9. The quantitative estimate of drug-likeness (QED) is 0.296. The number of hydrogen-bond acceptors (Lipinski definition) is 8. The van der Waals surface area contributed by atoms with Crippen LogP contribution in [0.15, 0.2) is 77.6 Å². The standard InChI is InChI=1S/C24H23N5O4/c1-15-21(16(2)33-28-15)24(30)22(18-10-5-7-13-25-18)23(27-20-12-6-8-14-26-20)17-9-3-4-11-19(17)29(31)32/h3-14,22-24,30H,1-2H3,(H,26,27). The number of anilines is 1. The third-order valence-electron chi connectivity index (χ3n) is 5.55. The van der Waals surface area contributed by atoms with Crippen molar-refractivity contribution in [3.05, 3.63) is 111 Å². The Hall–Kier alpha value is -4.11. The third kappa shape index (κ3) is 4.58. The molecule has 0 saturated carbocycles. The first-order valence-corrected chi connectivity index (χ1v) is 10.4. The van der Waals surface area contributed by atoms with E-state index in [0.717, 1.165) is 0 Å². The van der Waals surface area contributed by atoms with Crippen molar-refractivity contribution in [2.45, 2.75) is 31.9 Å². The van der Waals surface area contributed by atoms with Crippen LogP contribution in [0.2, 0.25) is 0 Å². The van der Waals surface area contributed by atoms with Gasteiger partial charge in [-0.2, -0.15) is 0 Å². The van der Waals surface area contributed by atoms with Crippen LogP contribution in [0.3, 0.4) is 0 Å². The fourth-order valence-electron chi connectivity index (χ4n) is 4.07. The van der Waals surface area contributed by atoms with Gasteiger partial charge in [-0.05, 0) is 38.1 Å². The van der Waals surface area contributed by atoms with E-state index in [1.807, 2.05) is 12.1 Å². The van der Waals surface area contributed by atoms with E-state index < -0.39 is 23.0 Å². The first kappa shape index (κ1) is 22.1. The zero-order valence-corrected chi connectivity index (χ0v) is 18.1. The number of nitrogens with zero attached hydrogens (tertiary/aromatic N) is 4. The van der Waals surface area contributed by atoms with Crippen LogP contribution in [0.1, 0.15) is 46.3 Å². The van der Waals surface area contributed by atoms with Gasteiger partial charge in [-0.1, -0.05) is 35.5 Å². The van der Waals surface area contributed by atoms with Gasteiger partial charge >= 0.3 is 0 Å². The van der Waals surface area contributed by atoms with Gasteiger partial charge in [-0.3, -0.25) is 15.1 Å². The van der Waals surface area contributed by atoms with Crippen LogP contribution in [0.25, 0.3) is 0 Å². The summed E-state index contributed by atoms with van der Waals surface area (Å²) in [7, 11) is 0. The average Bonchev–Trinajstić information content (AvgIpc) is 3.17. The zero-order valence-electron chi connectivity index (χ0n) is 18.1. The minimum Gasteiger partial charge on any atom is -0.387 e. The molecule has 0 aliphatic rings. The van der Waals surface area contributed by atoms with Crippen LogP contribution >= 0.6 is 0 Å². The summed E-state index contributed by atoms with van der Waals surface area (Å²) in [6.45, 7) is 3.47. The molecule has 0 aliphatic carbocycles. The number of rotatable bonds is 8. The molecule has 3 atom stereocenters. The second-order valence-electron chi connectivity index (χ2n) is 7.62. The minimum absolute atomic E-state index is 0.0715. The average molecular weight is 445 g/mol. The van der Waals surface area contributed by atoms with Crippen LogP contribution < -0.4 is 5.32 Å². The highest BCUT2D eigenvalue weighted by atomic mass is 16.6. The summed E-state index contributed by atoms with van der Waals surface area (Å²) in [5.74, 6) is 0.249. The van der Waals surface area contributed by atoms with E-state index in [1.54, 1.807) is 68.7 Å². The Morgan fingerprint density at radius 3 is 2.30 bits per heavy atom. The summed E-state index contributed by atoms with van der Waals surface area (Å²) < 4.78 is 5.30. The first-order chi connectivity index (χ1) is 16.0. The Morgan fingerprint density at radius 1 is 1.00 bits per heavy atom. The Balaban J connectivity index is 1.93. The molecule has 9 nitrogen and oxygen atoms in total. The summed E-state index contributed by atoms with van der Waals surface area (Å²) >= 11 is 0. The largest absolute Gasteiger partial charge is 0.387 e. The molecule has 1 aromatic carbocycles. The molecule has 0 bridgehead atoms. The number of nitro groups is 1. The van der Waals surface area contributed by atoms with Gasteiger partial charge in [0.15, 0.2) is 0 Å². The van der Waals surface area contributed by atoms with Crippen molar-refractivity contribution >= 4 is 11.5 Å². The van der Waals surface area contributed by atoms with E-state index in [0.29, 0.717) is 34.1 Å². The van der Waals surface area contributed by atoms with Gasteiger partial charge in [0.05, 0.1) is 34.2 Å². The molecule has 9 heteroatoms. The van der Waals surface area contributed by atoms with Gasteiger partial charge < -0.3 is 14.9 Å². The normalized spacial score (nSPS) is 13.8. The maximum absolute atomic E-state index is 11.9. The van der Waals surface area contributed by atoms with Gasteiger partial charge in [-0.25, -0.2) is 4.98 Å². The zero-order chi connectivity index (χ0) is 23.4. The van der Waals surface area contributed by atoms with E-state index in [-0.39, 0.29) is 5.69 Å². The van der Waals surface area contributed by atoms with Crippen molar-refractivity contribution in [3.63, 3.8) is 0 Å². The van der Waals surface area contributed by atoms with Crippen LogP contribution in [0.4, 0.5) is 11.5 Å². The highest BCUT2D eigenvalue weighted by molar-refractivity contribution is 5.49. The van der Waals surface area contributed by atoms with E-state index in [2.05, 4.69) is 20.4 Å². The molecule has 3 heterocycles. The van der Waals surface area contributed by atoms with E-state index in [4.69, 9.17) is 4.52 Å². The smallest absolute Gasteiger partial charge is 0.274 e. The number of aliphatic hydroxyl groups excluding tert-OH is 1. The van der Waals surface area contributed by atoms with Crippen molar-refractivity contribution < 1.29 is 14.6 Å². The Bertz CT molecular complexity index is 1210. The molecule has 3 unspecified atom stereocenters. The van der Waals surface area contributed by atoms with E-state index in [1.165, 1.54) is 6.07 Å². The van der Waals surface area contributed by atoms with Gasteiger partial charge in [-0.15, -0.1) is 0 Å². The fourth-order valence-corrected chi connectivity index (χ4v) is 4.07. The fraction of sp³-hybridized carbons (Fsp3) is 0.208. The number of aryl methyl sites for hydroxylation is 2. The molecule has 33 heavy (non-hydrogen) atoms. The molecular weight excluding hydrogens is 422 g/mol. The molecule has 0 fully saturated rings. The second kappa shape index (κ2) is 9.58. The summed E-state index contributed by atoms with van der Waals surface area (Å²) in [6.07, 6.45) is 2.13. The highest BCUT2D eigenvalue weighted by Crippen LogP contribution is 2.45. The van der Waals surface area contributed by atoms with Crippen LogP contribution in [0.5, 0.6) is 0 Å². The van der Waals surface area contributed by atoms with E-state index in [9.17, 15) is 15.2 Å². The van der Waals surface area contributed by atoms with Gasteiger partial charge in [0, 0.05) is 29.7 Å². The number of para-hydroxylation sites is 1. The predicted molar refractivity (Wildman–Crippen MR) is 122 cm³/mol. The van der Waals surface area contributed by atoms with Crippen LogP contribution in [-0.4, -0.2) is 25.2 Å².